The molecule has 10 heteroatoms. The third kappa shape index (κ3) is 34.6. The average Bonchev–Trinajstić information content (AvgIpc) is 3.07. The van der Waals surface area contributed by atoms with Gasteiger partial charge in [-0.3, -0.25) is 18.6 Å². The number of hydrogen-bond donors (Lipinski definition) is 2. The summed E-state index contributed by atoms with van der Waals surface area (Å²) >= 11 is 0. The fourth-order valence-corrected chi connectivity index (χ4v) is 6.22. The van der Waals surface area contributed by atoms with E-state index in [1.807, 2.05) is 0 Å². The number of nitrogens with two attached hydrogens (primary N) is 1. The van der Waals surface area contributed by atoms with Crippen molar-refractivity contribution in [2.45, 2.75) is 193 Å². The maximum absolute atomic E-state index is 12.5. The molecule has 0 bridgehead atoms. The average molecular weight is 704 g/mol. The largest absolute Gasteiger partial charge is 0.472 e. The summed E-state index contributed by atoms with van der Waals surface area (Å²) in [5.41, 5.74) is 5.33. The molecule has 0 amide bonds. The second-order valence-corrected chi connectivity index (χ2v) is 14.6. The molecule has 0 radical (unpaired) electrons. The van der Waals surface area contributed by atoms with Gasteiger partial charge in [0.2, 0.25) is 0 Å². The second-order valence-electron chi connectivity index (χ2n) is 13.2. The number of hydrogen-bond acceptors (Lipinski definition) is 8. The molecule has 0 rings (SSSR count). The van der Waals surface area contributed by atoms with Crippen LogP contribution >= 0.6 is 7.82 Å². The molecule has 0 aliphatic carbocycles. The molecule has 3 N–H and O–H groups in total. The minimum absolute atomic E-state index is 0.0552. The van der Waals surface area contributed by atoms with E-state index in [1.54, 1.807) is 0 Å². The summed E-state index contributed by atoms with van der Waals surface area (Å²) in [5.74, 6) is -0.828. The van der Waals surface area contributed by atoms with Crippen molar-refractivity contribution in [3.05, 3.63) is 12.2 Å². The van der Waals surface area contributed by atoms with Crippen molar-refractivity contribution in [1.82, 2.24) is 0 Å². The summed E-state index contributed by atoms with van der Waals surface area (Å²) in [6, 6.07) is 0. The van der Waals surface area contributed by atoms with Gasteiger partial charge in [0.05, 0.1) is 13.2 Å². The first-order valence-electron chi connectivity index (χ1n) is 19.7. The number of phosphoric ester groups is 1. The van der Waals surface area contributed by atoms with Gasteiger partial charge in [-0.25, -0.2) is 4.57 Å². The van der Waals surface area contributed by atoms with Gasteiger partial charge in [0.15, 0.2) is 6.10 Å². The smallest absolute Gasteiger partial charge is 0.462 e. The van der Waals surface area contributed by atoms with Crippen molar-refractivity contribution in [3.63, 3.8) is 0 Å². The van der Waals surface area contributed by atoms with Crippen LogP contribution in [0, 0.1) is 0 Å². The first-order chi connectivity index (χ1) is 23.3. The molecule has 0 aliphatic rings. The third-order valence-corrected chi connectivity index (χ3v) is 9.39. The maximum Gasteiger partial charge on any atom is 0.472 e. The van der Waals surface area contributed by atoms with E-state index in [4.69, 9.17) is 24.3 Å². The van der Waals surface area contributed by atoms with Crippen molar-refractivity contribution in [2.75, 3.05) is 26.4 Å². The molecule has 0 aromatic carbocycles. The highest BCUT2D eigenvalue weighted by Gasteiger charge is 2.25. The molecule has 2 atom stereocenters. The van der Waals surface area contributed by atoms with E-state index in [9.17, 15) is 19.0 Å². The maximum atomic E-state index is 12.5. The number of unbranched alkanes of at least 4 members (excludes halogenated alkanes) is 22. The van der Waals surface area contributed by atoms with Crippen molar-refractivity contribution in [3.8, 4) is 0 Å². The molecule has 9 nitrogen and oxygen atoms in total. The molecule has 0 saturated heterocycles. The highest BCUT2D eigenvalue weighted by Crippen LogP contribution is 2.43. The molecular formula is C38H74NO8P. The lowest BCUT2D eigenvalue weighted by Crippen LogP contribution is -2.29. The molecule has 0 heterocycles. The van der Waals surface area contributed by atoms with E-state index in [0.29, 0.717) is 6.42 Å². The van der Waals surface area contributed by atoms with Crippen LogP contribution < -0.4 is 5.73 Å². The van der Waals surface area contributed by atoms with E-state index in [1.165, 1.54) is 109 Å². The van der Waals surface area contributed by atoms with Crippen LogP contribution in [0.15, 0.2) is 12.2 Å². The van der Waals surface area contributed by atoms with Crippen LogP contribution in [0.25, 0.3) is 0 Å². The number of esters is 2. The second kappa shape index (κ2) is 35.6. The van der Waals surface area contributed by atoms with Gasteiger partial charge >= 0.3 is 19.8 Å². The van der Waals surface area contributed by atoms with Gasteiger partial charge in [-0.05, 0) is 38.5 Å². The minimum atomic E-state index is -4.37. The van der Waals surface area contributed by atoms with Crippen LogP contribution in [-0.2, 0) is 32.7 Å². The molecular weight excluding hydrogens is 629 g/mol. The summed E-state index contributed by atoms with van der Waals surface area (Å²) in [6.45, 7) is 3.72. The number of allylic oxidation sites excluding steroid dienone is 2. The lowest BCUT2D eigenvalue weighted by Gasteiger charge is -2.19. The summed E-state index contributed by atoms with van der Waals surface area (Å²) in [7, 11) is -4.37. The SMILES string of the molecule is CCCCCCC=CCCCCCCCCCC(=O)O[C@H](COC(=O)CCCCCCCCCCCCCC)COP(=O)(O)OCCN. The molecule has 0 aromatic heterocycles. The van der Waals surface area contributed by atoms with Gasteiger partial charge in [0.1, 0.15) is 6.61 Å². The molecule has 0 saturated carbocycles. The van der Waals surface area contributed by atoms with Crippen LogP contribution in [-0.4, -0.2) is 49.3 Å². The predicted octanol–water partition coefficient (Wildman–Crippen LogP) is 10.7. The molecule has 0 aromatic rings. The number of carbonyl (C=O) groups excluding carboxylic acids is 2. The highest BCUT2D eigenvalue weighted by atomic mass is 31.2. The number of phosphoric acid groups is 1. The Kier molecular flexibility index (Phi) is 34.6. The Morgan fingerprint density at radius 3 is 1.50 bits per heavy atom. The van der Waals surface area contributed by atoms with Gasteiger partial charge in [-0.2, -0.15) is 0 Å². The molecule has 284 valence electrons. The van der Waals surface area contributed by atoms with Gasteiger partial charge < -0.3 is 20.1 Å². The Morgan fingerprint density at radius 2 is 1.02 bits per heavy atom. The van der Waals surface area contributed by atoms with Crippen molar-refractivity contribution < 1.29 is 37.6 Å². The normalized spacial score (nSPS) is 13.5. The number of carbonyl (C=O) groups is 2. The zero-order valence-corrected chi connectivity index (χ0v) is 31.9. The third-order valence-electron chi connectivity index (χ3n) is 8.40. The summed E-state index contributed by atoms with van der Waals surface area (Å²) < 4.78 is 32.7. The summed E-state index contributed by atoms with van der Waals surface area (Å²) in [6.07, 6.45) is 33.8. The molecule has 0 spiro atoms. The fourth-order valence-electron chi connectivity index (χ4n) is 5.45. The lowest BCUT2D eigenvalue weighted by atomic mass is 10.0. The van der Waals surface area contributed by atoms with Gasteiger partial charge in [-0.15, -0.1) is 0 Å². The Hall–Kier alpha value is -1.25. The Morgan fingerprint density at radius 1 is 0.604 bits per heavy atom. The topological polar surface area (TPSA) is 134 Å². The zero-order chi connectivity index (χ0) is 35.4. The number of ether oxygens (including phenoxy) is 2. The van der Waals surface area contributed by atoms with Crippen LogP contribution in [0.3, 0.4) is 0 Å². The van der Waals surface area contributed by atoms with Crippen molar-refractivity contribution in [2.24, 2.45) is 5.73 Å². The Bertz CT molecular complexity index is 810. The summed E-state index contributed by atoms with van der Waals surface area (Å²) in [5, 5.41) is 0. The molecule has 0 aliphatic heterocycles. The van der Waals surface area contributed by atoms with Gasteiger partial charge in [0.25, 0.3) is 0 Å². The molecule has 1 unspecified atom stereocenters. The van der Waals surface area contributed by atoms with E-state index in [0.717, 1.165) is 44.9 Å². The predicted molar refractivity (Wildman–Crippen MR) is 197 cm³/mol. The molecule has 0 fully saturated rings. The quantitative estimate of drug-likeness (QED) is 0.0280. The highest BCUT2D eigenvalue weighted by molar-refractivity contribution is 7.47. The Balaban J connectivity index is 4.19. The summed E-state index contributed by atoms with van der Waals surface area (Å²) in [4.78, 5) is 34.7. The molecule has 48 heavy (non-hydrogen) atoms. The van der Waals surface area contributed by atoms with Crippen molar-refractivity contribution in [1.29, 1.82) is 0 Å². The zero-order valence-electron chi connectivity index (χ0n) is 31.0. The van der Waals surface area contributed by atoms with Crippen LogP contribution in [0.4, 0.5) is 0 Å². The van der Waals surface area contributed by atoms with Crippen LogP contribution in [0.5, 0.6) is 0 Å². The Labute approximate surface area is 294 Å². The monoisotopic (exact) mass is 704 g/mol. The van der Waals surface area contributed by atoms with Crippen molar-refractivity contribution >= 4 is 19.8 Å². The lowest BCUT2D eigenvalue weighted by molar-refractivity contribution is -0.161. The fraction of sp³-hybridized carbons (Fsp3) is 0.895. The van der Waals surface area contributed by atoms with Crippen LogP contribution in [0.1, 0.15) is 187 Å². The van der Waals surface area contributed by atoms with E-state index >= 15 is 0 Å². The van der Waals surface area contributed by atoms with Gasteiger partial charge in [-0.1, -0.05) is 148 Å². The minimum Gasteiger partial charge on any atom is -0.462 e. The standard InChI is InChI=1S/C38H74NO8P/c1-3-5-7-9-11-13-15-17-18-19-21-23-25-27-29-31-38(41)47-36(35-46-48(42,43)45-33-32-39)34-44-37(40)30-28-26-24-22-20-16-14-12-10-8-6-4-2/h13,15,36H,3-12,14,16-35,39H2,1-2H3,(H,42,43)/t36-/m1/s1. The first kappa shape index (κ1) is 46.8. The van der Waals surface area contributed by atoms with Crippen LogP contribution in [0.2, 0.25) is 0 Å². The number of rotatable bonds is 37. The first-order valence-corrected chi connectivity index (χ1v) is 21.2. The van der Waals surface area contributed by atoms with E-state index in [-0.39, 0.29) is 38.6 Å². The van der Waals surface area contributed by atoms with E-state index < -0.39 is 26.5 Å². The van der Waals surface area contributed by atoms with Gasteiger partial charge in [0, 0.05) is 19.4 Å². The van der Waals surface area contributed by atoms with E-state index in [2.05, 4.69) is 26.0 Å².